The molecule has 3 aromatic heterocycles. The number of benzene rings is 4. The van der Waals surface area contributed by atoms with Gasteiger partial charge in [0.2, 0.25) is 0 Å². The maximum atomic E-state index is 6.63. The molecule has 4 aromatic carbocycles. The van der Waals surface area contributed by atoms with Gasteiger partial charge in [0.1, 0.15) is 5.82 Å². The number of ether oxygens (including phenoxy) is 1. The van der Waals surface area contributed by atoms with Crippen LogP contribution < -0.4 is 4.74 Å². The summed E-state index contributed by atoms with van der Waals surface area (Å²) < 4.78 is 10.7. The van der Waals surface area contributed by atoms with E-state index in [4.69, 9.17) is 14.8 Å². The van der Waals surface area contributed by atoms with Gasteiger partial charge in [0.15, 0.2) is 0 Å². The number of hydrogen-bond donors (Lipinski definition) is 0. The van der Waals surface area contributed by atoms with Crippen LogP contribution in [0.3, 0.4) is 0 Å². The van der Waals surface area contributed by atoms with E-state index in [-0.39, 0.29) is 26.5 Å². The van der Waals surface area contributed by atoms with E-state index in [1.807, 2.05) is 29.2 Å². The minimum absolute atomic E-state index is 0. The average Bonchev–Trinajstić information content (AvgIpc) is 3.72. The third-order valence-corrected chi connectivity index (χ3v) is 9.56. The summed E-state index contributed by atoms with van der Waals surface area (Å²) in [6.07, 6.45) is 12.9. The average molecular weight is 854 g/mol. The molecule has 262 valence electrons. The Morgan fingerprint density at radius 1 is 0.784 bits per heavy atom. The molecular formula is C45H46N4OPt. The predicted molar refractivity (Wildman–Crippen MR) is 206 cm³/mol. The summed E-state index contributed by atoms with van der Waals surface area (Å²) in [4.78, 5) is 4.73. The third kappa shape index (κ3) is 7.60. The zero-order valence-corrected chi connectivity index (χ0v) is 32.8. The first-order valence-electron chi connectivity index (χ1n) is 18.0. The van der Waals surface area contributed by atoms with E-state index >= 15 is 0 Å². The van der Waals surface area contributed by atoms with Gasteiger partial charge >= 0.3 is 21.1 Å². The molecule has 0 fully saturated rings. The molecule has 0 bridgehead atoms. The van der Waals surface area contributed by atoms with E-state index in [9.17, 15) is 0 Å². The third-order valence-electron chi connectivity index (χ3n) is 9.56. The van der Waals surface area contributed by atoms with Crippen molar-refractivity contribution in [3.05, 3.63) is 132 Å². The monoisotopic (exact) mass is 853 g/mol. The molecule has 0 unspecified atom stereocenters. The second-order valence-electron chi connectivity index (χ2n) is 14.4. The van der Waals surface area contributed by atoms with Crippen LogP contribution in [0.1, 0.15) is 82.6 Å². The molecule has 0 amide bonds. The van der Waals surface area contributed by atoms with E-state index in [2.05, 4.69) is 131 Å². The first kappa shape index (κ1) is 36.3. The number of fused-ring (bicyclic) bond motifs is 3. The van der Waals surface area contributed by atoms with Crippen LogP contribution in [0, 0.1) is 19.1 Å². The fourth-order valence-corrected chi connectivity index (χ4v) is 6.83. The van der Waals surface area contributed by atoms with Crippen LogP contribution in [0.4, 0.5) is 0 Å². The summed E-state index contributed by atoms with van der Waals surface area (Å²) in [7, 11) is 0. The standard InChI is InChI=1S/C45H46N4O.Pt/c1-7-9-14-32-16-13-17-33(15-10-8-2)44(32)34-29-47-48(30-34)36-25-35(45(4,5)6)26-38(27-36)50-37-20-21-40-39-18-11-12-19-41(39)49(42(40)28-37)43-24-31(3)22-23-46-43;/h11-13,16-26,29-30H,7-10,14-15H2,1-6H3;/q-2;+2. The fourth-order valence-electron chi connectivity index (χ4n) is 6.83. The van der Waals surface area contributed by atoms with Gasteiger partial charge in [-0.15, -0.1) is 41.3 Å². The van der Waals surface area contributed by atoms with Gasteiger partial charge in [-0.2, -0.15) is 11.2 Å². The maximum Gasteiger partial charge on any atom is 2.00 e. The smallest absolute Gasteiger partial charge is 0.509 e. The molecule has 0 aliphatic heterocycles. The number of para-hydroxylation sites is 1. The van der Waals surface area contributed by atoms with E-state index < -0.39 is 0 Å². The number of hydrogen-bond acceptors (Lipinski definition) is 3. The van der Waals surface area contributed by atoms with Crippen molar-refractivity contribution < 1.29 is 25.8 Å². The SMILES string of the molecule is CCCCc1cccc(CCCC)c1-c1cnn(-c2[c-]c(Oc3[c-]c4c(cc3)c3ccccc3n4-c3cc(C)ccn3)cc(C(C)(C)C)c2)c1.[Pt+2]. The number of aryl methyl sites for hydroxylation is 3. The molecular weight excluding hydrogens is 808 g/mol. The van der Waals surface area contributed by atoms with Gasteiger partial charge in [-0.1, -0.05) is 89.4 Å². The Balaban J connectivity index is 0.00000448. The van der Waals surface area contributed by atoms with Gasteiger partial charge in [0.05, 0.1) is 6.20 Å². The Bertz CT molecular complexity index is 2260. The van der Waals surface area contributed by atoms with Crippen LogP contribution in [0.15, 0.2) is 97.5 Å². The van der Waals surface area contributed by atoms with Crippen LogP contribution in [0.2, 0.25) is 0 Å². The van der Waals surface area contributed by atoms with E-state index in [0.29, 0.717) is 11.5 Å². The van der Waals surface area contributed by atoms with E-state index in [1.54, 1.807) is 0 Å². The van der Waals surface area contributed by atoms with Gasteiger partial charge in [0, 0.05) is 35.0 Å². The van der Waals surface area contributed by atoms with Gasteiger partial charge in [-0.25, -0.2) is 4.98 Å². The Morgan fingerprint density at radius 3 is 2.24 bits per heavy atom. The summed E-state index contributed by atoms with van der Waals surface area (Å²) in [5.41, 5.74) is 10.3. The Kier molecular flexibility index (Phi) is 11.0. The van der Waals surface area contributed by atoms with Gasteiger partial charge in [-0.3, -0.25) is 4.68 Å². The Morgan fingerprint density at radius 2 is 1.53 bits per heavy atom. The van der Waals surface area contributed by atoms with Crippen molar-refractivity contribution in [3.63, 3.8) is 0 Å². The van der Waals surface area contributed by atoms with E-state index in [0.717, 1.165) is 62.8 Å². The molecule has 7 rings (SSSR count). The molecule has 5 nitrogen and oxygen atoms in total. The van der Waals surface area contributed by atoms with Crippen molar-refractivity contribution >= 4 is 21.8 Å². The Labute approximate surface area is 317 Å². The fraction of sp³-hybridized carbons (Fsp3) is 0.289. The summed E-state index contributed by atoms with van der Waals surface area (Å²) in [6, 6.07) is 34.9. The number of rotatable bonds is 11. The molecule has 0 saturated carbocycles. The summed E-state index contributed by atoms with van der Waals surface area (Å²) in [5, 5.41) is 7.16. The van der Waals surface area contributed by atoms with Crippen LogP contribution in [0.5, 0.6) is 11.5 Å². The second-order valence-corrected chi connectivity index (χ2v) is 14.4. The molecule has 0 atom stereocenters. The molecule has 51 heavy (non-hydrogen) atoms. The van der Waals surface area contributed by atoms with Gasteiger partial charge < -0.3 is 9.30 Å². The molecule has 0 radical (unpaired) electrons. The molecule has 3 heterocycles. The molecule has 7 aromatic rings. The van der Waals surface area contributed by atoms with Crippen molar-refractivity contribution in [1.29, 1.82) is 0 Å². The second kappa shape index (κ2) is 15.4. The first-order chi connectivity index (χ1) is 24.2. The largest absolute Gasteiger partial charge is 2.00 e. The predicted octanol–water partition coefficient (Wildman–Crippen LogP) is 11.7. The molecule has 0 aliphatic rings. The van der Waals surface area contributed by atoms with Crippen molar-refractivity contribution in [2.45, 2.75) is 85.5 Å². The zero-order chi connectivity index (χ0) is 34.8. The van der Waals surface area contributed by atoms with Crippen LogP contribution >= 0.6 is 0 Å². The number of unbranched alkanes of at least 4 members (excludes halogenated alkanes) is 2. The maximum absolute atomic E-state index is 6.63. The number of nitrogens with zero attached hydrogens (tertiary/aromatic N) is 4. The van der Waals surface area contributed by atoms with Crippen LogP contribution in [-0.2, 0) is 39.3 Å². The summed E-state index contributed by atoms with van der Waals surface area (Å²) in [6.45, 7) is 13.3. The first-order valence-corrected chi connectivity index (χ1v) is 18.0. The number of pyridine rings is 1. The van der Waals surface area contributed by atoms with Crippen LogP contribution in [0.25, 0.3) is 44.4 Å². The molecule has 0 aliphatic carbocycles. The Hall–Kier alpha value is -4.47. The van der Waals surface area contributed by atoms with E-state index in [1.165, 1.54) is 42.4 Å². The molecule has 6 heteroatoms. The summed E-state index contributed by atoms with van der Waals surface area (Å²) in [5.74, 6) is 2.11. The summed E-state index contributed by atoms with van der Waals surface area (Å²) >= 11 is 0. The minimum atomic E-state index is -0.116. The number of aromatic nitrogens is 4. The van der Waals surface area contributed by atoms with Crippen molar-refractivity contribution in [1.82, 2.24) is 19.3 Å². The minimum Gasteiger partial charge on any atom is -0.509 e. The van der Waals surface area contributed by atoms with Crippen molar-refractivity contribution in [2.75, 3.05) is 0 Å². The van der Waals surface area contributed by atoms with Crippen molar-refractivity contribution in [2.24, 2.45) is 0 Å². The zero-order valence-electron chi connectivity index (χ0n) is 30.5. The topological polar surface area (TPSA) is 44.9 Å². The normalized spacial score (nSPS) is 11.6. The van der Waals surface area contributed by atoms with Gasteiger partial charge in [-0.05, 0) is 89.5 Å². The van der Waals surface area contributed by atoms with Crippen LogP contribution in [-0.4, -0.2) is 19.3 Å². The molecule has 0 saturated heterocycles. The van der Waals surface area contributed by atoms with Gasteiger partial charge in [0.25, 0.3) is 0 Å². The molecule has 0 N–H and O–H groups in total. The quantitative estimate of drug-likeness (QED) is 0.122. The van der Waals surface area contributed by atoms with Crippen molar-refractivity contribution in [3.8, 4) is 34.1 Å². The molecule has 0 spiro atoms.